The fourth-order valence-corrected chi connectivity index (χ4v) is 5.32. The first-order valence-corrected chi connectivity index (χ1v) is 9.32. The molecule has 1 aliphatic rings. The summed E-state index contributed by atoms with van der Waals surface area (Å²) in [6.07, 6.45) is 5.84. The summed E-state index contributed by atoms with van der Waals surface area (Å²) in [6.45, 7) is 16.5. The molecule has 1 atom stereocenters. The molecule has 0 saturated heterocycles. The summed E-state index contributed by atoms with van der Waals surface area (Å²) < 4.78 is 2.72. The highest BCUT2D eigenvalue weighted by atomic mass is 28.3. The summed E-state index contributed by atoms with van der Waals surface area (Å²) in [7, 11) is -0.819. The van der Waals surface area contributed by atoms with Crippen molar-refractivity contribution in [1.82, 2.24) is 4.57 Å². The van der Waals surface area contributed by atoms with E-state index in [9.17, 15) is 0 Å². The topological polar surface area (TPSA) is 3.24 Å². The van der Waals surface area contributed by atoms with Crippen LogP contribution in [0.3, 0.4) is 0 Å². The molecule has 0 aromatic heterocycles. The van der Waals surface area contributed by atoms with E-state index in [1.165, 1.54) is 0 Å². The number of hydrogen-bond donors (Lipinski definition) is 0. The molecule has 0 bridgehead atoms. The molecule has 0 N–H and O–H groups in total. The highest BCUT2D eigenvalue weighted by Crippen LogP contribution is 2.35. The molecular formula is C14H27NSi. The predicted molar refractivity (Wildman–Crippen MR) is 76.1 cm³/mol. The first-order chi connectivity index (χ1) is 7.29. The largest absolute Gasteiger partial charge is 0.399 e. The molecule has 0 heterocycles. The molecule has 0 aliphatic heterocycles. The maximum absolute atomic E-state index is 2.72. The van der Waals surface area contributed by atoms with Crippen LogP contribution >= 0.6 is 0 Å². The van der Waals surface area contributed by atoms with E-state index in [0.29, 0.717) is 5.92 Å². The molecule has 1 aliphatic carbocycles. The predicted octanol–water partition coefficient (Wildman–Crippen LogP) is 3.94. The van der Waals surface area contributed by atoms with Gasteiger partial charge in [0.25, 0.3) is 0 Å². The van der Waals surface area contributed by atoms with Crippen molar-refractivity contribution in [1.29, 1.82) is 0 Å². The van der Waals surface area contributed by atoms with Gasteiger partial charge in [-0.2, -0.15) is 0 Å². The van der Waals surface area contributed by atoms with Gasteiger partial charge in [-0.15, -0.1) is 0 Å². The Morgan fingerprint density at radius 2 is 1.88 bits per heavy atom. The van der Waals surface area contributed by atoms with Crippen LogP contribution in [0.5, 0.6) is 0 Å². The second-order valence-electron chi connectivity index (χ2n) is 6.05. The zero-order chi connectivity index (χ0) is 12.5. The number of hydrogen-bond acceptors (Lipinski definition) is 1. The van der Waals surface area contributed by atoms with Gasteiger partial charge in [-0.25, -0.2) is 0 Å². The lowest BCUT2D eigenvalue weighted by Gasteiger charge is -2.44. The Morgan fingerprint density at radius 3 is 2.25 bits per heavy atom. The molecule has 16 heavy (non-hydrogen) atoms. The summed E-state index contributed by atoms with van der Waals surface area (Å²) in [5.41, 5.74) is 3.40. The molecule has 2 heteroatoms. The third-order valence-corrected chi connectivity index (χ3v) is 5.31. The Labute approximate surface area is 103 Å². The van der Waals surface area contributed by atoms with Crippen molar-refractivity contribution in [2.75, 3.05) is 0 Å². The zero-order valence-corrected chi connectivity index (χ0v) is 13.1. The number of allylic oxidation sites excluding steroid dienone is 3. The van der Waals surface area contributed by atoms with Gasteiger partial charge in [-0.05, 0) is 32.8 Å². The second-order valence-corrected chi connectivity index (χ2v) is 8.75. The fraction of sp³-hybridized carbons (Fsp3) is 0.714. The van der Waals surface area contributed by atoms with Gasteiger partial charge >= 0.3 is 0 Å². The van der Waals surface area contributed by atoms with Gasteiger partial charge in [0, 0.05) is 17.2 Å². The van der Waals surface area contributed by atoms with Crippen molar-refractivity contribution < 1.29 is 0 Å². The van der Waals surface area contributed by atoms with Crippen LogP contribution in [0.25, 0.3) is 0 Å². The van der Waals surface area contributed by atoms with E-state index in [4.69, 9.17) is 0 Å². The summed E-state index contributed by atoms with van der Waals surface area (Å²) >= 11 is 0. The van der Waals surface area contributed by atoms with Gasteiger partial charge < -0.3 is 4.57 Å². The van der Waals surface area contributed by atoms with Crippen LogP contribution in [0.1, 0.15) is 41.0 Å². The lowest BCUT2D eigenvalue weighted by atomic mass is 10.0. The van der Waals surface area contributed by atoms with Crippen molar-refractivity contribution >= 4 is 8.96 Å². The Balaban J connectivity index is 3.14. The average Bonchev–Trinajstić information content (AvgIpc) is 2.45. The van der Waals surface area contributed by atoms with Crippen LogP contribution < -0.4 is 0 Å². The summed E-state index contributed by atoms with van der Waals surface area (Å²) in [5, 5.41) is 0. The molecule has 1 nitrogen and oxygen atoms in total. The van der Waals surface area contributed by atoms with Crippen molar-refractivity contribution in [2.24, 2.45) is 5.92 Å². The third-order valence-electron chi connectivity index (χ3n) is 3.23. The molecule has 1 unspecified atom stereocenters. The van der Waals surface area contributed by atoms with E-state index in [2.05, 4.69) is 64.4 Å². The number of rotatable bonds is 3. The van der Waals surface area contributed by atoms with Crippen LogP contribution in [0.2, 0.25) is 13.1 Å². The lowest BCUT2D eigenvalue weighted by Crippen LogP contribution is -2.48. The fourth-order valence-electron chi connectivity index (χ4n) is 2.82. The quantitative estimate of drug-likeness (QED) is 0.672. The summed E-state index contributed by atoms with van der Waals surface area (Å²) in [6, 6.07) is 0. The molecule has 0 fully saturated rings. The molecule has 0 radical (unpaired) electrons. The first kappa shape index (κ1) is 13.6. The summed E-state index contributed by atoms with van der Waals surface area (Å²) in [4.78, 5) is 0. The Kier molecular flexibility index (Phi) is 4.05. The maximum atomic E-state index is 2.72. The SMILES string of the molecule is CCC1=C(N([SiH](C)C)C(C)(C)C)C(C)C=C1. The molecule has 0 amide bonds. The summed E-state index contributed by atoms with van der Waals surface area (Å²) in [5.74, 6) is 0.601. The lowest BCUT2D eigenvalue weighted by molar-refractivity contribution is 0.284. The van der Waals surface area contributed by atoms with Gasteiger partial charge in [0.15, 0.2) is 0 Å². The molecular weight excluding hydrogens is 210 g/mol. The number of nitrogens with zero attached hydrogens (tertiary/aromatic N) is 1. The molecule has 0 saturated carbocycles. The standard InChI is InChI=1S/C14H27NSi/c1-8-12-10-9-11(2)13(12)15(16(6)7)14(3,4)5/h9-11,16H,8H2,1-7H3. The van der Waals surface area contributed by atoms with Gasteiger partial charge in [-0.3, -0.25) is 0 Å². The van der Waals surface area contributed by atoms with Crippen molar-refractivity contribution in [2.45, 2.75) is 59.7 Å². The van der Waals surface area contributed by atoms with Gasteiger partial charge in [0.05, 0.1) is 0 Å². The van der Waals surface area contributed by atoms with E-state index in [1.54, 1.807) is 11.3 Å². The van der Waals surface area contributed by atoms with Gasteiger partial charge in [0.1, 0.15) is 8.96 Å². The van der Waals surface area contributed by atoms with Gasteiger partial charge in [-0.1, -0.05) is 39.1 Å². The van der Waals surface area contributed by atoms with Gasteiger partial charge in [0.2, 0.25) is 0 Å². The molecule has 0 aromatic carbocycles. The highest BCUT2D eigenvalue weighted by Gasteiger charge is 2.31. The Hall–Kier alpha value is -0.503. The van der Waals surface area contributed by atoms with Crippen molar-refractivity contribution in [3.8, 4) is 0 Å². The van der Waals surface area contributed by atoms with E-state index >= 15 is 0 Å². The minimum absolute atomic E-state index is 0.260. The average molecular weight is 237 g/mol. The molecule has 92 valence electrons. The minimum atomic E-state index is -0.819. The smallest absolute Gasteiger partial charge is 0.134 e. The van der Waals surface area contributed by atoms with E-state index in [-0.39, 0.29) is 5.54 Å². The maximum Gasteiger partial charge on any atom is 0.134 e. The molecule has 0 aromatic rings. The van der Waals surface area contributed by atoms with Crippen LogP contribution in [-0.2, 0) is 0 Å². The van der Waals surface area contributed by atoms with Crippen LogP contribution in [0, 0.1) is 5.92 Å². The van der Waals surface area contributed by atoms with E-state index in [1.807, 2.05) is 0 Å². The third kappa shape index (κ3) is 2.60. The first-order valence-electron chi connectivity index (χ1n) is 6.49. The van der Waals surface area contributed by atoms with Crippen LogP contribution in [0.15, 0.2) is 23.4 Å². The molecule has 0 spiro atoms. The Morgan fingerprint density at radius 1 is 1.31 bits per heavy atom. The van der Waals surface area contributed by atoms with Crippen LogP contribution in [0.4, 0.5) is 0 Å². The Bertz CT molecular complexity index is 307. The second kappa shape index (κ2) is 4.78. The monoisotopic (exact) mass is 237 g/mol. The van der Waals surface area contributed by atoms with Crippen molar-refractivity contribution in [3.05, 3.63) is 23.4 Å². The van der Waals surface area contributed by atoms with E-state index < -0.39 is 8.96 Å². The highest BCUT2D eigenvalue weighted by molar-refractivity contribution is 6.53. The zero-order valence-electron chi connectivity index (χ0n) is 12.0. The normalized spacial score (nSPS) is 21.1. The minimum Gasteiger partial charge on any atom is -0.399 e. The van der Waals surface area contributed by atoms with Crippen molar-refractivity contribution in [3.63, 3.8) is 0 Å². The van der Waals surface area contributed by atoms with Crippen LogP contribution in [-0.4, -0.2) is 19.1 Å². The molecule has 1 rings (SSSR count). The van der Waals surface area contributed by atoms with E-state index in [0.717, 1.165) is 6.42 Å².